The number of hydrogen-bond donors (Lipinski definition) is 0. The van der Waals surface area contributed by atoms with Crippen LogP contribution in [0, 0.1) is 0 Å². The molecule has 4 heteroatoms. The van der Waals surface area contributed by atoms with Crippen molar-refractivity contribution in [1.29, 1.82) is 0 Å². The Kier molecular flexibility index (Phi) is 18.3. The summed E-state index contributed by atoms with van der Waals surface area (Å²) < 4.78 is 24.8. The van der Waals surface area contributed by atoms with E-state index in [4.69, 9.17) is 0 Å². The Hall–Kier alpha value is -3.05. The van der Waals surface area contributed by atoms with Crippen LogP contribution in [-0.2, 0) is 0 Å². The Morgan fingerprint density at radius 3 is 0.353 bits per heavy atom. The molecule has 0 radical (unpaired) electrons. The number of rotatable bonds is 8. The zero-order valence-corrected chi connectivity index (χ0v) is 51.8. The fourth-order valence-corrected chi connectivity index (χ4v) is 71.2. The van der Waals surface area contributed by atoms with Gasteiger partial charge in [-0.1, -0.05) is 0 Å². The van der Waals surface area contributed by atoms with Gasteiger partial charge in [-0.05, 0) is 0 Å². The van der Waals surface area contributed by atoms with E-state index in [0.29, 0.717) is 0 Å². The van der Waals surface area contributed by atoms with Crippen molar-refractivity contribution in [3.8, 4) is 0 Å². The van der Waals surface area contributed by atoms with E-state index in [0.717, 1.165) is 0 Å². The van der Waals surface area contributed by atoms with Gasteiger partial charge in [-0.2, -0.15) is 0 Å². The van der Waals surface area contributed by atoms with E-state index in [2.05, 4.69) is 243 Å². The van der Waals surface area contributed by atoms with Crippen LogP contribution >= 0.6 is 0 Å². The Bertz CT molecular complexity index is 2090. The zero-order chi connectivity index (χ0) is 46.2. The van der Waals surface area contributed by atoms with Crippen LogP contribution in [-0.4, -0.2) is 73.5 Å². The molecule has 68 heavy (non-hydrogen) atoms. The summed E-state index contributed by atoms with van der Waals surface area (Å²) in [7, 11) is 0. The van der Waals surface area contributed by atoms with Gasteiger partial charge < -0.3 is 0 Å². The standard InChI is InChI=1S/8C6H5.4C4H8.4Sn/c8*1-2-4-6-5-3-1;4*1-3-4-2;;;;/h8*1-5H;4*1-4H2;;;;. The van der Waals surface area contributed by atoms with E-state index in [-0.39, 0.29) is 0 Å². The Morgan fingerprint density at radius 1 is 0.147 bits per heavy atom. The summed E-state index contributed by atoms with van der Waals surface area (Å²) in [5, 5.41) is 0. The molecule has 0 saturated carbocycles. The molecule has 0 aliphatic carbocycles. The van der Waals surface area contributed by atoms with Gasteiger partial charge in [-0.3, -0.25) is 0 Å². The van der Waals surface area contributed by atoms with E-state index < -0.39 is 73.5 Å². The van der Waals surface area contributed by atoms with Crippen LogP contribution < -0.4 is 28.6 Å². The third-order valence-corrected chi connectivity index (χ3v) is 76.8. The van der Waals surface area contributed by atoms with E-state index in [1.165, 1.54) is 86.9 Å². The molecule has 0 N–H and O–H groups in total. The maximum atomic E-state index is 2.55. The molecule has 0 unspecified atom stereocenters. The average molecular weight is 1320 g/mol. The van der Waals surface area contributed by atoms with Gasteiger partial charge in [0.2, 0.25) is 0 Å². The molecule has 1 heterocycles. The van der Waals surface area contributed by atoms with Gasteiger partial charge in [0.05, 0.1) is 0 Å². The van der Waals surface area contributed by atoms with Crippen LogP contribution in [0.2, 0.25) is 35.5 Å². The summed E-state index contributed by atoms with van der Waals surface area (Å²) in [6.45, 7) is 0. The van der Waals surface area contributed by atoms with Crippen molar-refractivity contribution in [3.05, 3.63) is 243 Å². The van der Waals surface area contributed by atoms with Crippen LogP contribution in [0.15, 0.2) is 243 Å². The van der Waals surface area contributed by atoms with Crippen LogP contribution in [0.5, 0.6) is 0 Å². The summed E-state index contributed by atoms with van der Waals surface area (Å²) >= 11 is -12.8. The summed E-state index contributed by atoms with van der Waals surface area (Å²) in [6.07, 6.45) is 10.6. The van der Waals surface area contributed by atoms with E-state index >= 15 is 0 Å². The van der Waals surface area contributed by atoms with Gasteiger partial charge in [-0.25, -0.2) is 0 Å². The fourth-order valence-electron chi connectivity index (χ4n) is 12.9. The SMILES string of the molecule is c1cc[c]([Sn]2([c]3ccccc3)[CH2]CC[CH2][Sn]([c]3ccccc3)([c]3ccccc3)[CH2]CC[CH2][Sn]([c]3ccccc3)([c]3ccccc3)[CH2]CC[CH2][Sn]([c]3ccccc3)([c]3ccccc3)[CH2]CC[CH2]2)cc1. The molecule has 0 bridgehead atoms. The Balaban J connectivity index is 1.14. The number of benzene rings is 8. The summed E-state index contributed by atoms with van der Waals surface area (Å²) in [5.41, 5.74) is 0. The predicted octanol–water partition coefficient (Wildman–Crippen LogP) is 12.2. The van der Waals surface area contributed by atoms with Gasteiger partial charge >= 0.3 is 432 Å². The molecular formula is C64H72Sn4. The predicted molar refractivity (Wildman–Crippen MR) is 307 cm³/mol. The fraction of sp³-hybridized carbons (Fsp3) is 0.250. The van der Waals surface area contributed by atoms with Crippen LogP contribution in [0.25, 0.3) is 0 Å². The van der Waals surface area contributed by atoms with Crippen LogP contribution in [0.4, 0.5) is 0 Å². The second-order valence-electron chi connectivity index (χ2n) is 20.1. The molecule has 1 saturated heterocycles. The number of hydrogen-bond acceptors (Lipinski definition) is 0. The molecule has 1 fully saturated rings. The topological polar surface area (TPSA) is 0 Å². The third-order valence-electron chi connectivity index (χ3n) is 16.4. The molecule has 0 spiro atoms. The minimum atomic E-state index is -3.21. The van der Waals surface area contributed by atoms with Crippen LogP contribution in [0.3, 0.4) is 0 Å². The normalized spacial score (nSPS) is 18.1. The average Bonchev–Trinajstić information content (AvgIpc) is 3.43. The van der Waals surface area contributed by atoms with E-state index in [1.54, 1.807) is 28.6 Å². The minimum absolute atomic E-state index is 1.33. The second-order valence-corrected chi connectivity index (χ2v) is 69.4. The zero-order valence-electron chi connectivity index (χ0n) is 40.4. The second kappa shape index (κ2) is 24.9. The van der Waals surface area contributed by atoms with Gasteiger partial charge in [0.25, 0.3) is 0 Å². The van der Waals surface area contributed by atoms with Gasteiger partial charge in [-0.15, -0.1) is 0 Å². The summed E-state index contributed by atoms with van der Waals surface area (Å²) in [4.78, 5) is 0. The first kappa shape index (κ1) is 49.9. The van der Waals surface area contributed by atoms with Gasteiger partial charge in [0.15, 0.2) is 0 Å². The van der Waals surface area contributed by atoms with Crippen molar-refractivity contribution in [3.63, 3.8) is 0 Å². The summed E-state index contributed by atoms with van der Waals surface area (Å²) in [6, 6.07) is 96.3. The molecule has 8 aromatic rings. The maximum absolute atomic E-state index is 3.21. The van der Waals surface area contributed by atoms with Crippen LogP contribution in [0.1, 0.15) is 51.4 Å². The van der Waals surface area contributed by atoms with Crippen molar-refractivity contribution in [2.75, 3.05) is 0 Å². The quantitative estimate of drug-likeness (QED) is 0.133. The summed E-state index contributed by atoms with van der Waals surface area (Å²) in [5.74, 6) is 0. The molecule has 344 valence electrons. The first-order valence-corrected chi connectivity index (χ1v) is 53.7. The molecule has 0 amide bonds. The molecule has 1 aliphatic rings. The molecular weight excluding hydrogens is 1240 g/mol. The van der Waals surface area contributed by atoms with Crippen molar-refractivity contribution < 1.29 is 0 Å². The Labute approximate surface area is 426 Å². The molecule has 9 rings (SSSR count). The van der Waals surface area contributed by atoms with Crippen molar-refractivity contribution in [2.24, 2.45) is 0 Å². The molecule has 0 nitrogen and oxygen atoms in total. The molecule has 0 aromatic heterocycles. The monoisotopic (exact) mass is 1320 g/mol. The van der Waals surface area contributed by atoms with Gasteiger partial charge in [0.1, 0.15) is 0 Å². The molecule has 1 aliphatic heterocycles. The van der Waals surface area contributed by atoms with E-state index in [1.807, 2.05) is 0 Å². The van der Waals surface area contributed by atoms with E-state index in [9.17, 15) is 0 Å². The van der Waals surface area contributed by atoms with Crippen molar-refractivity contribution in [2.45, 2.75) is 86.9 Å². The first-order chi connectivity index (χ1) is 33.7. The third kappa shape index (κ3) is 11.5. The first-order valence-electron chi connectivity index (χ1n) is 26.1. The van der Waals surface area contributed by atoms with Crippen molar-refractivity contribution >= 4 is 102 Å². The Morgan fingerprint density at radius 2 is 0.250 bits per heavy atom. The van der Waals surface area contributed by atoms with Crippen molar-refractivity contribution in [1.82, 2.24) is 0 Å². The van der Waals surface area contributed by atoms with Gasteiger partial charge in [0, 0.05) is 0 Å². The molecule has 0 atom stereocenters. The molecule has 8 aromatic carbocycles.